The average molecular weight is 317 g/mol. The number of rotatable bonds is 4. The van der Waals surface area contributed by atoms with Crippen LogP contribution < -0.4 is 10.8 Å². The number of amides is 1. The summed E-state index contributed by atoms with van der Waals surface area (Å²) in [5.74, 6) is -1.14. The van der Waals surface area contributed by atoms with Gasteiger partial charge in [0, 0.05) is 11.3 Å². The smallest absolute Gasteiger partial charge is 0.326 e. The lowest BCUT2D eigenvalue weighted by Gasteiger charge is -2.08. The van der Waals surface area contributed by atoms with Gasteiger partial charge in [-0.15, -0.1) is 0 Å². The Morgan fingerprint density at radius 3 is 2.26 bits per heavy atom. The number of hydrogen-bond donors (Lipinski definition) is 1. The van der Waals surface area contributed by atoms with Gasteiger partial charge in [-0.2, -0.15) is 13.2 Å². The highest BCUT2D eigenvalue weighted by atomic mass is 19.4. The zero-order valence-electron chi connectivity index (χ0n) is 11.9. The number of carbonyl (C=O) groups is 2. The van der Waals surface area contributed by atoms with Gasteiger partial charge < -0.3 is 5.32 Å². The normalized spacial score (nSPS) is 11.1. The van der Waals surface area contributed by atoms with E-state index in [2.05, 4.69) is 5.32 Å². The maximum absolute atomic E-state index is 12.4. The van der Waals surface area contributed by atoms with E-state index in [1.807, 2.05) is 0 Å². The van der Waals surface area contributed by atoms with Crippen molar-refractivity contribution in [1.29, 1.82) is 0 Å². The summed E-state index contributed by atoms with van der Waals surface area (Å²) >= 11 is 0. The summed E-state index contributed by atoms with van der Waals surface area (Å²) in [6, 6.07) is 10.1. The molecule has 1 N–H and O–H groups in total. The first-order chi connectivity index (χ1) is 10.8. The van der Waals surface area contributed by atoms with Crippen molar-refractivity contribution in [3.63, 3.8) is 0 Å². The van der Waals surface area contributed by atoms with Gasteiger partial charge in [0.05, 0.1) is 12.0 Å². The van der Waals surface area contributed by atoms with Gasteiger partial charge in [0.1, 0.15) is 7.85 Å². The standard InChI is InChI=1S/C16H11BF3NO2/c17-12-2-1-3-13(8-12)21-15(23)9-14(22)10-4-6-11(7-5-10)16(18,19)20/h1-8H,9H2,(H,21,23). The van der Waals surface area contributed by atoms with Gasteiger partial charge in [0.25, 0.3) is 0 Å². The van der Waals surface area contributed by atoms with E-state index < -0.39 is 29.9 Å². The summed E-state index contributed by atoms with van der Waals surface area (Å²) in [6.07, 6.45) is -4.94. The van der Waals surface area contributed by atoms with Crippen LogP contribution in [0.3, 0.4) is 0 Å². The Kier molecular flexibility index (Phi) is 4.88. The summed E-state index contributed by atoms with van der Waals surface area (Å²) < 4.78 is 37.3. The third kappa shape index (κ3) is 4.71. The Bertz CT molecular complexity index is 727. The molecule has 1 amide bonds. The van der Waals surface area contributed by atoms with Gasteiger partial charge in [-0.3, -0.25) is 9.59 Å². The molecule has 2 rings (SSSR count). The molecule has 0 unspecified atom stereocenters. The molecule has 2 aromatic carbocycles. The maximum Gasteiger partial charge on any atom is 0.416 e. The van der Waals surface area contributed by atoms with Crippen molar-refractivity contribution in [3.05, 3.63) is 59.7 Å². The quantitative estimate of drug-likeness (QED) is 0.535. The highest BCUT2D eigenvalue weighted by Gasteiger charge is 2.30. The molecule has 0 atom stereocenters. The molecular formula is C16H11BF3NO2. The molecular weight excluding hydrogens is 306 g/mol. The van der Waals surface area contributed by atoms with Gasteiger partial charge >= 0.3 is 6.18 Å². The van der Waals surface area contributed by atoms with Gasteiger partial charge in [-0.25, -0.2) is 0 Å². The fourth-order valence-electron chi connectivity index (χ4n) is 1.91. The van der Waals surface area contributed by atoms with Crippen LogP contribution in [0.4, 0.5) is 18.9 Å². The van der Waals surface area contributed by atoms with Gasteiger partial charge in [-0.1, -0.05) is 29.7 Å². The molecule has 0 aliphatic heterocycles. The maximum atomic E-state index is 12.4. The number of halogens is 3. The van der Waals surface area contributed by atoms with Crippen molar-refractivity contribution < 1.29 is 22.8 Å². The first kappa shape index (κ1) is 16.8. The first-order valence-electron chi connectivity index (χ1n) is 6.61. The van der Waals surface area contributed by atoms with Crippen LogP contribution in [0.5, 0.6) is 0 Å². The Morgan fingerprint density at radius 1 is 1.04 bits per heavy atom. The van der Waals surface area contributed by atoms with Crippen LogP contribution in [0.15, 0.2) is 48.5 Å². The summed E-state index contributed by atoms with van der Waals surface area (Å²) in [4.78, 5) is 23.7. The largest absolute Gasteiger partial charge is 0.416 e. The lowest BCUT2D eigenvalue weighted by Crippen LogP contribution is -2.17. The molecule has 116 valence electrons. The number of hydrogen-bond acceptors (Lipinski definition) is 2. The second-order valence-electron chi connectivity index (χ2n) is 4.85. The second kappa shape index (κ2) is 6.68. The molecule has 0 saturated heterocycles. The fourth-order valence-corrected chi connectivity index (χ4v) is 1.91. The number of benzene rings is 2. The number of nitrogens with one attached hydrogen (secondary N) is 1. The number of anilines is 1. The van der Waals surface area contributed by atoms with E-state index >= 15 is 0 Å². The van der Waals surface area contributed by atoms with Gasteiger partial charge in [0.2, 0.25) is 5.91 Å². The minimum atomic E-state index is -4.47. The second-order valence-corrected chi connectivity index (χ2v) is 4.85. The van der Waals surface area contributed by atoms with Crippen molar-refractivity contribution >= 4 is 30.7 Å². The van der Waals surface area contributed by atoms with Gasteiger partial charge in [0.15, 0.2) is 5.78 Å². The summed E-state index contributed by atoms with van der Waals surface area (Å²) in [5, 5.41) is 2.50. The van der Waals surface area contributed by atoms with Crippen LogP contribution in [0, 0.1) is 0 Å². The van der Waals surface area contributed by atoms with Crippen LogP contribution in [-0.2, 0) is 11.0 Å². The predicted molar refractivity (Wildman–Crippen MR) is 80.9 cm³/mol. The predicted octanol–water partition coefficient (Wildman–Crippen LogP) is 2.71. The molecule has 0 saturated carbocycles. The number of alkyl halides is 3. The lowest BCUT2D eigenvalue weighted by molar-refractivity contribution is -0.137. The van der Waals surface area contributed by atoms with Crippen molar-refractivity contribution in [2.45, 2.75) is 12.6 Å². The Morgan fingerprint density at radius 2 is 1.70 bits per heavy atom. The van der Waals surface area contributed by atoms with Crippen LogP contribution in [0.1, 0.15) is 22.3 Å². The number of Topliss-reactive ketones (excluding diaryl/α,β-unsaturated/α-hetero) is 1. The summed E-state index contributed by atoms with van der Waals surface area (Å²) in [6.45, 7) is 0. The molecule has 0 aliphatic carbocycles. The summed E-state index contributed by atoms with van der Waals surface area (Å²) in [7, 11) is 5.57. The zero-order chi connectivity index (χ0) is 17.0. The Balaban J connectivity index is 2.00. The molecule has 7 heteroatoms. The van der Waals surface area contributed by atoms with Crippen molar-refractivity contribution in [3.8, 4) is 0 Å². The molecule has 0 spiro atoms. The molecule has 23 heavy (non-hydrogen) atoms. The highest BCUT2D eigenvalue weighted by Crippen LogP contribution is 2.29. The Labute approximate surface area is 131 Å². The van der Waals surface area contributed by atoms with E-state index in [-0.39, 0.29) is 5.56 Å². The molecule has 0 aliphatic rings. The zero-order valence-corrected chi connectivity index (χ0v) is 11.9. The molecule has 0 aromatic heterocycles. The van der Waals surface area contributed by atoms with Crippen molar-refractivity contribution in [1.82, 2.24) is 0 Å². The molecule has 0 heterocycles. The van der Waals surface area contributed by atoms with Crippen LogP contribution in [0.25, 0.3) is 0 Å². The third-order valence-electron chi connectivity index (χ3n) is 3.03. The minimum absolute atomic E-state index is 0.0423. The fraction of sp³-hybridized carbons (Fsp3) is 0.125. The van der Waals surface area contributed by atoms with E-state index in [1.165, 1.54) is 6.07 Å². The monoisotopic (exact) mass is 317 g/mol. The SMILES string of the molecule is [B]c1cccc(NC(=O)CC(=O)c2ccc(C(F)(F)F)cc2)c1. The van der Waals surface area contributed by atoms with Crippen molar-refractivity contribution in [2.75, 3.05) is 5.32 Å². The molecule has 2 radical (unpaired) electrons. The van der Waals surface area contributed by atoms with Crippen LogP contribution in [0.2, 0.25) is 0 Å². The van der Waals surface area contributed by atoms with Crippen LogP contribution in [-0.4, -0.2) is 19.5 Å². The van der Waals surface area contributed by atoms with E-state index in [0.717, 1.165) is 24.3 Å². The van der Waals surface area contributed by atoms with E-state index in [9.17, 15) is 22.8 Å². The number of carbonyl (C=O) groups excluding carboxylic acids is 2. The molecule has 0 fully saturated rings. The third-order valence-corrected chi connectivity index (χ3v) is 3.03. The van der Waals surface area contributed by atoms with E-state index in [4.69, 9.17) is 7.85 Å². The Hall–Kier alpha value is -2.57. The van der Waals surface area contributed by atoms with Crippen molar-refractivity contribution in [2.24, 2.45) is 0 Å². The molecule has 3 nitrogen and oxygen atoms in total. The highest BCUT2D eigenvalue weighted by molar-refractivity contribution is 6.32. The van der Waals surface area contributed by atoms with E-state index in [0.29, 0.717) is 11.2 Å². The van der Waals surface area contributed by atoms with Crippen LogP contribution >= 0.6 is 0 Å². The van der Waals surface area contributed by atoms with Gasteiger partial charge in [-0.05, 0) is 24.3 Å². The average Bonchev–Trinajstić information content (AvgIpc) is 2.46. The minimum Gasteiger partial charge on any atom is -0.326 e. The topological polar surface area (TPSA) is 46.2 Å². The summed E-state index contributed by atoms with van der Waals surface area (Å²) in [5.41, 5.74) is 0.0890. The number of ketones is 1. The van der Waals surface area contributed by atoms with E-state index in [1.54, 1.807) is 18.2 Å². The lowest BCUT2D eigenvalue weighted by atomic mass is 9.96. The molecule has 2 aromatic rings. The molecule has 0 bridgehead atoms. The first-order valence-corrected chi connectivity index (χ1v) is 6.61.